The maximum absolute atomic E-state index is 11.5. The molecule has 0 radical (unpaired) electrons. The fraction of sp³-hybridized carbons (Fsp3) is 0.500. The van der Waals surface area contributed by atoms with E-state index in [1.54, 1.807) is 27.2 Å². The smallest absolute Gasteiger partial charge is 0.312 e. The van der Waals surface area contributed by atoms with Gasteiger partial charge in [-0.1, -0.05) is 6.08 Å². The number of esters is 1. The van der Waals surface area contributed by atoms with Crippen LogP contribution in [-0.2, 0) is 19.1 Å². The number of ether oxygens (including phenoxy) is 2. The Balaban J connectivity index is 5.19. The zero-order chi connectivity index (χ0) is 13.3. The SMILES string of the molecule is CN/C=C(C=O)\C(=C/COC)C(C)C(=O)OC. The van der Waals surface area contributed by atoms with Crippen molar-refractivity contribution in [1.82, 2.24) is 5.32 Å². The maximum Gasteiger partial charge on any atom is 0.312 e. The van der Waals surface area contributed by atoms with Crippen LogP contribution in [0.2, 0.25) is 0 Å². The molecule has 0 rings (SSSR count). The number of aldehydes is 1. The van der Waals surface area contributed by atoms with Crippen molar-refractivity contribution in [3.8, 4) is 0 Å². The molecule has 5 heteroatoms. The van der Waals surface area contributed by atoms with E-state index < -0.39 is 11.9 Å². The minimum absolute atomic E-state index is 0.325. The van der Waals surface area contributed by atoms with Crippen molar-refractivity contribution in [2.24, 2.45) is 5.92 Å². The van der Waals surface area contributed by atoms with Gasteiger partial charge >= 0.3 is 5.97 Å². The van der Waals surface area contributed by atoms with E-state index in [-0.39, 0.29) is 0 Å². The molecule has 0 heterocycles. The van der Waals surface area contributed by atoms with Gasteiger partial charge in [0.25, 0.3) is 0 Å². The Morgan fingerprint density at radius 2 is 2.06 bits per heavy atom. The second kappa shape index (κ2) is 8.52. The summed E-state index contributed by atoms with van der Waals surface area (Å²) in [6.07, 6.45) is 3.92. The van der Waals surface area contributed by atoms with Gasteiger partial charge in [-0.25, -0.2) is 0 Å². The number of methoxy groups -OCH3 is 2. The normalized spacial score (nSPS) is 14.1. The summed E-state index contributed by atoms with van der Waals surface area (Å²) in [6.45, 7) is 2.01. The van der Waals surface area contributed by atoms with Gasteiger partial charge in [0.2, 0.25) is 0 Å². The van der Waals surface area contributed by atoms with Crippen molar-refractivity contribution in [1.29, 1.82) is 0 Å². The Labute approximate surface area is 101 Å². The Bertz CT molecular complexity index is 320. The summed E-state index contributed by atoms with van der Waals surface area (Å²) in [5, 5.41) is 2.76. The zero-order valence-corrected chi connectivity index (χ0v) is 10.6. The van der Waals surface area contributed by atoms with E-state index in [9.17, 15) is 9.59 Å². The third kappa shape index (κ3) is 4.82. The highest BCUT2D eigenvalue weighted by Crippen LogP contribution is 2.19. The molecule has 0 saturated heterocycles. The lowest BCUT2D eigenvalue weighted by molar-refractivity contribution is -0.143. The van der Waals surface area contributed by atoms with E-state index in [1.165, 1.54) is 13.3 Å². The largest absolute Gasteiger partial charge is 0.469 e. The molecule has 0 amide bonds. The van der Waals surface area contributed by atoms with Crippen molar-refractivity contribution in [2.45, 2.75) is 6.92 Å². The summed E-state index contributed by atoms with van der Waals surface area (Å²) >= 11 is 0. The molecule has 0 fully saturated rings. The zero-order valence-electron chi connectivity index (χ0n) is 10.6. The number of hydrogen-bond donors (Lipinski definition) is 1. The molecule has 1 unspecified atom stereocenters. The summed E-state index contributed by atoms with van der Waals surface area (Å²) in [4.78, 5) is 22.4. The topological polar surface area (TPSA) is 64.6 Å². The molecular formula is C12H19NO4. The molecule has 0 saturated carbocycles. The minimum atomic E-state index is -0.514. The third-order valence-electron chi connectivity index (χ3n) is 2.25. The van der Waals surface area contributed by atoms with E-state index in [2.05, 4.69) is 10.1 Å². The van der Waals surface area contributed by atoms with Crippen molar-refractivity contribution in [2.75, 3.05) is 27.9 Å². The van der Waals surface area contributed by atoms with E-state index in [0.29, 0.717) is 24.0 Å². The molecule has 0 aliphatic rings. The molecule has 0 aromatic carbocycles. The molecular weight excluding hydrogens is 222 g/mol. The van der Waals surface area contributed by atoms with Gasteiger partial charge in [0, 0.05) is 25.9 Å². The van der Waals surface area contributed by atoms with Crippen molar-refractivity contribution >= 4 is 12.3 Å². The van der Waals surface area contributed by atoms with E-state index in [0.717, 1.165) is 0 Å². The van der Waals surface area contributed by atoms with Crippen molar-refractivity contribution in [3.63, 3.8) is 0 Å². The summed E-state index contributed by atoms with van der Waals surface area (Å²) in [6, 6.07) is 0. The Morgan fingerprint density at radius 1 is 1.41 bits per heavy atom. The van der Waals surface area contributed by atoms with Crippen LogP contribution in [-0.4, -0.2) is 40.1 Å². The van der Waals surface area contributed by atoms with Crippen molar-refractivity contribution < 1.29 is 19.1 Å². The Hall–Kier alpha value is -1.62. The van der Waals surface area contributed by atoms with Gasteiger partial charge in [-0.05, 0) is 12.5 Å². The summed E-state index contributed by atoms with van der Waals surface area (Å²) in [5.74, 6) is -0.906. The number of rotatable bonds is 7. The van der Waals surface area contributed by atoms with Crippen LogP contribution in [0, 0.1) is 5.92 Å². The summed E-state index contributed by atoms with van der Waals surface area (Å²) < 4.78 is 9.58. The molecule has 0 aliphatic carbocycles. The van der Waals surface area contributed by atoms with Crippen molar-refractivity contribution in [3.05, 3.63) is 23.4 Å². The number of nitrogens with one attached hydrogen (secondary N) is 1. The first-order valence-electron chi connectivity index (χ1n) is 5.22. The van der Waals surface area contributed by atoms with E-state index >= 15 is 0 Å². The molecule has 17 heavy (non-hydrogen) atoms. The highest BCUT2D eigenvalue weighted by molar-refractivity contribution is 5.86. The first kappa shape index (κ1) is 15.4. The van der Waals surface area contributed by atoms with Crippen LogP contribution < -0.4 is 5.32 Å². The van der Waals surface area contributed by atoms with Gasteiger partial charge in [-0.2, -0.15) is 0 Å². The maximum atomic E-state index is 11.5. The van der Waals surface area contributed by atoms with Gasteiger partial charge in [-0.3, -0.25) is 9.59 Å². The first-order valence-corrected chi connectivity index (χ1v) is 5.22. The monoisotopic (exact) mass is 241 g/mol. The molecule has 0 bridgehead atoms. The molecule has 0 aliphatic heterocycles. The van der Waals surface area contributed by atoms with Gasteiger partial charge < -0.3 is 14.8 Å². The molecule has 0 spiro atoms. The van der Waals surface area contributed by atoms with Crippen LogP contribution >= 0.6 is 0 Å². The number of carbonyl (C=O) groups is 2. The van der Waals surface area contributed by atoms with Gasteiger partial charge in [0.05, 0.1) is 19.6 Å². The summed E-state index contributed by atoms with van der Waals surface area (Å²) in [5.41, 5.74) is 0.991. The lowest BCUT2D eigenvalue weighted by atomic mass is 9.94. The lowest BCUT2D eigenvalue weighted by Gasteiger charge is -2.14. The van der Waals surface area contributed by atoms with Gasteiger partial charge in [0.1, 0.15) is 0 Å². The van der Waals surface area contributed by atoms with Crippen LogP contribution in [0.25, 0.3) is 0 Å². The standard InChI is InChI=1S/C12H19NO4/c1-9(12(15)17-4)11(5-6-16-3)10(8-14)7-13-2/h5,7-9,13H,6H2,1-4H3/b10-7-,11-5-. The predicted octanol–water partition coefficient (Wildman–Crippen LogP) is 0.670. The number of hydrogen-bond acceptors (Lipinski definition) is 5. The van der Waals surface area contributed by atoms with Crippen LogP contribution in [0.4, 0.5) is 0 Å². The fourth-order valence-corrected chi connectivity index (χ4v) is 1.36. The van der Waals surface area contributed by atoms with Crippen LogP contribution in [0.1, 0.15) is 6.92 Å². The highest BCUT2D eigenvalue weighted by atomic mass is 16.5. The molecule has 0 aromatic rings. The average Bonchev–Trinajstić information content (AvgIpc) is 2.36. The molecule has 5 nitrogen and oxygen atoms in total. The molecule has 0 aromatic heterocycles. The fourth-order valence-electron chi connectivity index (χ4n) is 1.36. The minimum Gasteiger partial charge on any atom is -0.469 e. The quantitative estimate of drug-likeness (QED) is 0.307. The van der Waals surface area contributed by atoms with Crippen LogP contribution in [0.15, 0.2) is 23.4 Å². The lowest BCUT2D eigenvalue weighted by Crippen LogP contribution is -2.18. The van der Waals surface area contributed by atoms with Crippen LogP contribution in [0.5, 0.6) is 0 Å². The van der Waals surface area contributed by atoms with E-state index in [1.807, 2.05) is 0 Å². The number of carbonyl (C=O) groups excluding carboxylic acids is 2. The second-order valence-electron chi connectivity index (χ2n) is 3.37. The Kier molecular flexibility index (Phi) is 7.71. The third-order valence-corrected chi connectivity index (χ3v) is 2.25. The Morgan fingerprint density at radius 3 is 2.47 bits per heavy atom. The second-order valence-corrected chi connectivity index (χ2v) is 3.37. The average molecular weight is 241 g/mol. The summed E-state index contributed by atoms with van der Waals surface area (Å²) in [7, 11) is 4.54. The van der Waals surface area contributed by atoms with E-state index in [4.69, 9.17) is 4.74 Å². The molecule has 1 atom stereocenters. The van der Waals surface area contributed by atoms with Gasteiger partial charge in [0.15, 0.2) is 6.29 Å². The molecule has 1 N–H and O–H groups in total. The number of allylic oxidation sites excluding steroid dienone is 1. The first-order chi connectivity index (χ1) is 8.12. The highest BCUT2D eigenvalue weighted by Gasteiger charge is 2.20. The predicted molar refractivity (Wildman–Crippen MR) is 64.3 cm³/mol. The van der Waals surface area contributed by atoms with Gasteiger partial charge in [-0.15, -0.1) is 0 Å². The van der Waals surface area contributed by atoms with Crippen LogP contribution in [0.3, 0.4) is 0 Å². The molecule has 96 valence electrons.